The van der Waals surface area contributed by atoms with Crippen LogP contribution in [0.4, 0.5) is 0 Å². The molecule has 0 amide bonds. The summed E-state index contributed by atoms with van der Waals surface area (Å²) in [7, 11) is 0. The van der Waals surface area contributed by atoms with E-state index in [-0.39, 0.29) is 0 Å². The molecule has 1 atom stereocenters. The molecule has 1 N–H and O–H groups in total. The zero-order chi connectivity index (χ0) is 9.90. The van der Waals surface area contributed by atoms with Crippen molar-refractivity contribution < 1.29 is 5.11 Å². The average Bonchev–Trinajstić information content (AvgIpc) is 2.04. The lowest BCUT2D eigenvalue weighted by atomic mass is 9.92. The molecule has 0 saturated carbocycles. The fourth-order valence-electron chi connectivity index (χ4n) is 1.45. The van der Waals surface area contributed by atoms with E-state index in [4.69, 9.17) is 11.6 Å². The molecule has 0 aliphatic carbocycles. The van der Waals surface area contributed by atoms with Crippen LogP contribution in [0.25, 0.3) is 0 Å². The first kappa shape index (κ1) is 10.6. The van der Waals surface area contributed by atoms with Crippen molar-refractivity contribution in [2.75, 3.05) is 0 Å². The van der Waals surface area contributed by atoms with Crippen molar-refractivity contribution in [3.05, 3.63) is 34.9 Å². The molecule has 0 spiro atoms. The van der Waals surface area contributed by atoms with E-state index < -0.39 is 5.60 Å². The van der Waals surface area contributed by atoms with Gasteiger partial charge in [-0.25, -0.2) is 0 Å². The van der Waals surface area contributed by atoms with Crippen LogP contribution in [0.5, 0.6) is 0 Å². The van der Waals surface area contributed by atoms with E-state index in [1.54, 1.807) is 0 Å². The van der Waals surface area contributed by atoms with E-state index >= 15 is 0 Å². The van der Waals surface area contributed by atoms with Gasteiger partial charge in [0.05, 0.1) is 5.60 Å². The highest BCUT2D eigenvalue weighted by molar-refractivity contribution is 6.30. The number of rotatable bonds is 3. The minimum atomic E-state index is -0.750. The van der Waals surface area contributed by atoms with Gasteiger partial charge in [0.15, 0.2) is 0 Å². The third-order valence-electron chi connectivity index (χ3n) is 2.18. The van der Waals surface area contributed by atoms with Gasteiger partial charge in [0.25, 0.3) is 0 Å². The third-order valence-corrected chi connectivity index (χ3v) is 2.42. The van der Waals surface area contributed by atoms with E-state index in [0.717, 1.165) is 18.4 Å². The Morgan fingerprint density at radius 2 is 2.15 bits per heavy atom. The molecule has 0 aliphatic heterocycles. The standard InChI is InChI=1S/C11H15ClO/c1-3-7-11(2,13)9-5-4-6-10(12)8-9/h4-6,8,13H,3,7H2,1-2H3. The maximum Gasteiger partial charge on any atom is 0.0869 e. The second kappa shape index (κ2) is 4.12. The molecule has 1 aromatic rings. The number of hydrogen-bond acceptors (Lipinski definition) is 1. The molecule has 72 valence electrons. The average molecular weight is 199 g/mol. The van der Waals surface area contributed by atoms with Crippen molar-refractivity contribution in [3.63, 3.8) is 0 Å². The largest absolute Gasteiger partial charge is 0.385 e. The third kappa shape index (κ3) is 2.71. The monoisotopic (exact) mass is 198 g/mol. The van der Waals surface area contributed by atoms with E-state index in [1.165, 1.54) is 0 Å². The van der Waals surface area contributed by atoms with Gasteiger partial charge in [0.1, 0.15) is 0 Å². The number of halogens is 1. The van der Waals surface area contributed by atoms with Gasteiger partial charge in [0, 0.05) is 5.02 Å². The summed E-state index contributed by atoms with van der Waals surface area (Å²) in [6, 6.07) is 7.40. The number of aliphatic hydroxyl groups is 1. The SMILES string of the molecule is CCCC(C)(O)c1cccc(Cl)c1. The zero-order valence-electron chi connectivity index (χ0n) is 8.05. The Morgan fingerprint density at radius 3 is 2.69 bits per heavy atom. The molecule has 0 heterocycles. The van der Waals surface area contributed by atoms with Gasteiger partial charge in [-0.3, -0.25) is 0 Å². The van der Waals surface area contributed by atoms with Crippen molar-refractivity contribution in [1.82, 2.24) is 0 Å². The molecule has 1 nitrogen and oxygen atoms in total. The highest BCUT2D eigenvalue weighted by Gasteiger charge is 2.21. The quantitative estimate of drug-likeness (QED) is 0.790. The predicted octanol–water partition coefficient (Wildman–Crippen LogP) is 3.35. The van der Waals surface area contributed by atoms with Crippen LogP contribution in [-0.2, 0) is 5.60 Å². The van der Waals surface area contributed by atoms with Crippen LogP contribution in [0, 0.1) is 0 Å². The Morgan fingerprint density at radius 1 is 1.46 bits per heavy atom. The maximum absolute atomic E-state index is 10.1. The Bertz CT molecular complexity index is 281. The fraction of sp³-hybridized carbons (Fsp3) is 0.455. The van der Waals surface area contributed by atoms with Crippen molar-refractivity contribution in [2.45, 2.75) is 32.3 Å². The smallest absolute Gasteiger partial charge is 0.0869 e. The topological polar surface area (TPSA) is 20.2 Å². The van der Waals surface area contributed by atoms with E-state index in [1.807, 2.05) is 31.2 Å². The molecule has 0 radical (unpaired) electrons. The molecular formula is C11H15ClO. The molecule has 2 heteroatoms. The molecule has 1 unspecified atom stereocenters. The number of hydrogen-bond donors (Lipinski definition) is 1. The van der Waals surface area contributed by atoms with Crippen LogP contribution in [0.2, 0.25) is 5.02 Å². The Labute approximate surface area is 84.4 Å². The van der Waals surface area contributed by atoms with E-state index in [0.29, 0.717) is 5.02 Å². The van der Waals surface area contributed by atoms with Gasteiger partial charge in [-0.2, -0.15) is 0 Å². The van der Waals surface area contributed by atoms with Gasteiger partial charge in [0.2, 0.25) is 0 Å². The summed E-state index contributed by atoms with van der Waals surface area (Å²) in [5.74, 6) is 0. The maximum atomic E-state index is 10.1. The van der Waals surface area contributed by atoms with E-state index in [9.17, 15) is 5.11 Å². The Balaban J connectivity index is 2.93. The van der Waals surface area contributed by atoms with Gasteiger partial charge < -0.3 is 5.11 Å². The summed E-state index contributed by atoms with van der Waals surface area (Å²) in [5, 5.41) is 10.7. The summed E-state index contributed by atoms with van der Waals surface area (Å²) >= 11 is 5.84. The molecular weight excluding hydrogens is 184 g/mol. The van der Waals surface area contributed by atoms with Crippen LogP contribution in [0.15, 0.2) is 24.3 Å². The summed E-state index contributed by atoms with van der Waals surface area (Å²) < 4.78 is 0. The van der Waals surface area contributed by atoms with Gasteiger partial charge in [-0.05, 0) is 31.0 Å². The van der Waals surface area contributed by atoms with Crippen molar-refractivity contribution in [3.8, 4) is 0 Å². The minimum absolute atomic E-state index is 0.675. The lowest BCUT2D eigenvalue weighted by Gasteiger charge is -2.23. The van der Waals surface area contributed by atoms with Crippen LogP contribution < -0.4 is 0 Å². The van der Waals surface area contributed by atoms with Crippen molar-refractivity contribution >= 4 is 11.6 Å². The zero-order valence-corrected chi connectivity index (χ0v) is 8.80. The molecule has 1 aromatic carbocycles. The normalized spacial score (nSPS) is 15.4. The summed E-state index contributed by atoms with van der Waals surface area (Å²) in [5.41, 5.74) is 0.140. The lowest BCUT2D eigenvalue weighted by molar-refractivity contribution is 0.0470. The molecule has 1 rings (SSSR count). The summed E-state index contributed by atoms with van der Waals surface area (Å²) in [6.45, 7) is 3.88. The lowest BCUT2D eigenvalue weighted by Crippen LogP contribution is -2.20. The van der Waals surface area contributed by atoms with Gasteiger partial charge >= 0.3 is 0 Å². The second-order valence-electron chi connectivity index (χ2n) is 3.53. The van der Waals surface area contributed by atoms with Crippen LogP contribution in [0.1, 0.15) is 32.3 Å². The molecule has 0 fully saturated rings. The van der Waals surface area contributed by atoms with Crippen LogP contribution in [-0.4, -0.2) is 5.11 Å². The minimum Gasteiger partial charge on any atom is -0.385 e. The highest BCUT2D eigenvalue weighted by Crippen LogP contribution is 2.27. The first-order valence-electron chi connectivity index (χ1n) is 4.54. The first-order chi connectivity index (χ1) is 6.06. The van der Waals surface area contributed by atoms with Gasteiger partial charge in [-0.15, -0.1) is 0 Å². The Hall–Kier alpha value is -0.530. The first-order valence-corrected chi connectivity index (χ1v) is 4.92. The highest BCUT2D eigenvalue weighted by atomic mass is 35.5. The molecule has 13 heavy (non-hydrogen) atoms. The predicted molar refractivity (Wildman–Crippen MR) is 55.9 cm³/mol. The van der Waals surface area contributed by atoms with Crippen LogP contribution >= 0.6 is 11.6 Å². The van der Waals surface area contributed by atoms with Crippen molar-refractivity contribution in [2.24, 2.45) is 0 Å². The summed E-state index contributed by atoms with van der Waals surface area (Å²) in [4.78, 5) is 0. The number of benzene rings is 1. The molecule has 0 bridgehead atoms. The molecule has 0 aromatic heterocycles. The van der Waals surface area contributed by atoms with Crippen LogP contribution in [0.3, 0.4) is 0 Å². The fourth-order valence-corrected chi connectivity index (χ4v) is 1.64. The molecule has 0 saturated heterocycles. The second-order valence-corrected chi connectivity index (χ2v) is 3.97. The summed E-state index contributed by atoms with van der Waals surface area (Å²) in [6.07, 6.45) is 1.72. The van der Waals surface area contributed by atoms with Crippen molar-refractivity contribution in [1.29, 1.82) is 0 Å². The Kier molecular flexibility index (Phi) is 3.34. The van der Waals surface area contributed by atoms with Gasteiger partial charge in [-0.1, -0.05) is 37.1 Å². The van der Waals surface area contributed by atoms with E-state index in [2.05, 4.69) is 6.92 Å². The molecule has 0 aliphatic rings.